The van der Waals surface area contributed by atoms with E-state index in [0.717, 1.165) is 0 Å². The fraction of sp³-hybridized carbons (Fsp3) is 0. The van der Waals surface area contributed by atoms with Gasteiger partial charge in [-0.3, -0.25) is 4.79 Å². The lowest BCUT2D eigenvalue weighted by Gasteiger charge is -1.92. The Labute approximate surface area is 78.4 Å². The summed E-state index contributed by atoms with van der Waals surface area (Å²) < 4.78 is 17.5. The van der Waals surface area contributed by atoms with Gasteiger partial charge in [0.05, 0.1) is 0 Å². The molecule has 1 aromatic heterocycles. The minimum Gasteiger partial charge on any atom is -0.414 e. The van der Waals surface area contributed by atoms with E-state index in [1.165, 1.54) is 24.3 Å². The second kappa shape index (κ2) is 3.37. The molecule has 0 unspecified atom stereocenters. The molecule has 1 heterocycles. The van der Waals surface area contributed by atoms with Gasteiger partial charge in [0, 0.05) is 5.56 Å². The first kappa shape index (κ1) is 8.55. The zero-order chi connectivity index (χ0) is 9.97. The van der Waals surface area contributed by atoms with Crippen molar-refractivity contribution in [2.75, 3.05) is 0 Å². The number of carbonyl (C=O) groups excluding carboxylic acids is 1. The van der Waals surface area contributed by atoms with Gasteiger partial charge in [0.25, 0.3) is 5.89 Å². The highest BCUT2D eigenvalue weighted by Crippen LogP contribution is 2.17. The molecule has 0 aliphatic heterocycles. The summed E-state index contributed by atoms with van der Waals surface area (Å²) >= 11 is 0. The maximum atomic E-state index is 12.6. The summed E-state index contributed by atoms with van der Waals surface area (Å²) in [6.45, 7) is 0. The second-order valence-corrected chi connectivity index (χ2v) is 2.57. The third-order valence-corrected chi connectivity index (χ3v) is 1.63. The number of nitrogens with zero attached hydrogens (tertiary/aromatic N) is 2. The molecule has 2 rings (SSSR count). The Morgan fingerprint density at radius 3 is 2.50 bits per heavy atom. The van der Waals surface area contributed by atoms with E-state index in [-0.39, 0.29) is 17.6 Å². The quantitative estimate of drug-likeness (QED) is 0.679. The highest BCUT2D eigenvalue weighted by atomic mass is 19.1. The molecule has 2 aromatic rings. The van der Waals surface area contributed by atoms with Gasteiger partial charge in [-0.2, -0.15) is 0 Å². The normalized spacial score (nSPS) is 10.1. The minimum atomic E-state index is -0.344. The Kier molecular flexibility index (Phi) is 2.06. The SMILES string of the molecule is O=Cc1nnc(-c2ccc(F)cc2)o1. The van der Waals surface area contributed by atoms with E-state index < -0.39 is 0 Å². The zero-order valence-electron chi connectivity index (χ0n) is 6.98. The van der Waals surface area contributed by atoms with Crippen molar-refractivity contribution in [3.63, 3.8) is 0 Å². The molecule has 0 N–H and O–H groups in total. The number of carbonyl (C=O) groups is 1. The zero-order valence-corrected chi connectivity index (χ0v) is 6.98. The summed E-state index contributed by atoms with van der Waals surface area (Å²) in [6, 6.07) is 5.55. The molecule has 0 bridgehead atoms. The number of halogens is 1. The van der Waals surface area contributed by atoms with Gasteiger partial charge in [-0.05, 0) is 24.3 Å². The Bertz CT molecular complexity index is 450. The van der Waals surface area contributed by atoms with Crippen LogP contribution in [0.15, 0.2) is 28.7 Å². The van der Waals surface area contributed by atoms with Gasteiger partial charge in [0.15, 0.2) is 0 Å². The topological polar surface area (TPSA) is 56.0 Å². The van der Waals surface area contributed by atoms with Gasteiger partial charge >= 0.3 is 0 Å². The molecule has 0 spiro atoms. The van der Waals surface area contributed by atoms with Crippen molar-refractivity contribution in [3.8, 4) is 11.5 Å². The Balaban J connectivity index is 2.39. The van der Waals surface area contributed by atoms with Crippen molar-refractivity contribution in [1.82, 2.24) is 10.2 Å². The van der Waals surface area contributed by atoms with E-state index in [2.05, 4.69) is 10.2 Å². The molecule has 70 valence electrons. The van der Waals surface area contributed by atoms with Crippen LogP contribution in [0.3, 0.4) is 0 Å². The minimum absolute atomic E-state index is 0.0932. The second-order valence-electron chi connectivity index (χ2n) is 2.57. The van der Waals surface area contributed by atoms with E-state index >= 15 is 0 Å². The molecule has 0 amide bonds. The molecule has 0 fully saturated rings. The van der Waals surface area contributed by atoms with Crippen LogP contribution in [0, 0.1) is 5.82 Å². The van der Waals surface area contributed by atoms with Crippen LogP contribution in [0.4, 0.5) is 4.39 Å². The molecular formula is C9H5FN2O2. The largest absolute Gasteiger partial charge is 0.414 e. The van der Waals surface area contributed by atoms with Gasteiger partial charge in [-0.25, -0.2) is 4.39 Å². The van der Waals surface area contributed by atoms with Crippen molar-refractivity contribution in [2.45, 2.75) is 0 Å². The Morgan fingerprint density at radius 1 is 1.21 bits per heavy atom. The van der Waals surface area contributed by atoms with Crippen LogP contribution in [0.25, 0.3) is 11.5 Å². The lowest BCUT2D eigenvalue weighted by atomic mass is 10.2. The molecule has 0 radical (unpaired) electrons. The van der Waals surface area contributed by atoms with Crippen LogP contribution in [-0.4, -0.2) is 16.5 Å². The standard InChI is InChI=1S/C9H5FN2O2/c10-7-3-1-6(2-4-7)9-12-11-8(5-13)14-9/h1-5H. The molecule has 5 heteroatoms. The molecule has 0 saturated carbocycles. The van der Waals surface area contributed by atoms with Crippen LogP contribution < -0.4 is 0 Å². The van der Waals surface area contributed by atoms with E-state index in [1.807, 2.05) is 0 Å². The molecule has 1 aromatic carbocycles. The van der Waals surface area contributed by atoms with Crippen LogP contribution in [0.2, 0.25) is 0 Å². The van der Waals surface area contributed by atoms with Crippen LogP contribution in [0.5, 0.6) is 0 Å². The lowest BCUT2D eigenvalue weighted by Crippen LogP contribution is -1.78. The smallest absolute Gasteiger partial charge is 0.280 e. The first-order chi connectivity index (χ1) is 6.79. The van der Waals surface area contributed by atoms with E-state index in [0.29, 0.717) is 11.8 Å². The van der Waals surface area contributed by atoms with Crippen molar-refractivity contribution in [2.24, 2.45) is 0 Å². The molecule has 14 heavy (non-hydrogen) atoms. The number of hydrogen-bond acceptors (Lipinski definition) is 4. The van der Waals surface area contributed by atoms with Gasteiger partial charge in [0.2, 0.25) is 12.2 Å². The Hall–Kier alpha value is -2.04. The molecule has 0 aliphatic rings. The van der Waals surface area contributed by atoms with Crippen LogP contribution >= 0.6 is 0 Å². The number of rotatable bonds is 2. The predicted octanol–water partition coefficient (Wildman–Crippen LogP) is 1.69. The average Bonchev–Trinajstić information content (AvgIpc) is 2.67. The lowest BCUT2D eigenvalue weighted by molar-refractivity contribution is 0.109. The summed E-state index contributed by atoms with van der Waals surface area (Å²) in [6.07, 6.45) is 0.458. The maximum Gasteiger partial charge on any atom is 0.280 e. The predicted molar refractivity (Wildman–Crippen MR) is 45.1 cm³/mol. The molecule has 0 atom stereocenters. The first-order valence-electron chi connectivity index (χ1n) is 3.84. The molecule has 0 saturated heterocycles. The number of aromatic nitrogens is 2. The number of aldehydes is 1. The highest BCUT2D eigenvalue weighted by molar-refractivity contribution is 5.68. The van der Waals surface area contributed by atoms with Crippen LogP contribution in [-0.2, 0) is 0 Å². The van der Waals surface area contributed by atoms with Crippen molar-refractivity contribution >= 4 is 6.29 Å². The number of hydrogen-bond donors (Lipinski definition) is 0. The molecular weight excluding hydrogens is 187 g/mol. The van der Waals surface area contributed by atoms with Crippen molar-refractivity contribution in [1.29, 1.82) is 0 Å². The van der Waals surface area contributed by atoms with Crippen LogP contribution in [0.1, 0.15) is 10.7 Å². The highest BCUT2D eigenvalue weighted by Gasteiger charge is 2.06. The van der Waals surface area contributed by atoms with Gasteiger partial charge in [-0.1, -0.05) is 0 Å². The summed E-state index contributed by atoms with van der Waals surface area (Å²) in [5, 5.41) is 7.07. The third kappa shape index (κ3) is 1.52. The first-order valence-corrected chi connectivity index (χ1v) is 3.84. The summed E-state index contributed by atoms with van der Waals surface area (Å²) in [7, 11) is 0. The third-order valence-electron chi connectivity index (χ3n) is 1.63. The van der Waals surface area contributed by atoms with E-state index in [9.17, 15) is 9.18 Å². The fourth-order valence-electron chi connectivity index (χ4n) is 0.991. The molecule has 0 aliphatic carbocycles. The van der Waals surface area contributed by atoms with Crippen molar-refractivity contribution in [3.05, 3.63) is 36.0 Å². The van der Waals surface area contributed by atoms with E-state index in [4.69, 9.17) is 4.42 Å². The molecule has 4 nitrogen and oxygen atoms in total. The van der Waals surface area contributed by atoms with Gasteiger partial charge < -0.3 is 4.42 Å². The Morgan fingerprint density at radius 2 is 1.93 bits per heavy atom. The van der Waals surface area contributed by atoms with Crippen molar-refractivity contribution < 1.29 is 13.6 Å². The van der Waals surface area contributed by atoms with E-state index in [1.54, 1.807) is 0 Å². The number of benzene rings is 1. The summed E-state index contributed by atoms with van der Waals surface area (Å²) in [5.74, 6) is -0.236. The fourth-order valence-corrected chi connectivity index (χ4v) is 0.991. The van der Waals surface area contributed by atoms with Gasteiger partial charge in [0.1, 0.15) is 5.82 Å². The summed E-state index contributed by atoms with van der Waals surface area (Å²) in [5.41, 5.74) is 0.576. The summed E-state index contributed by atoms with van der Waals surface area (Å²) in [4.78, 5) is 10.2. The van der Waals surface area contributed by atoms with Gasteiger partial charge in [-0.15, -0.1) is 10.2 Å². The monoisotopic (exact) mass is 192 g/mol. The average molecular weight is 192 g/mol. The maximum absolute atomic E-state index is 12.6.